The summed E-state index contributed by atoms with van der Waals surface area (Å²) in [5.74, 6) is -3.13. The number of ether oxygens (including phenoxy) is 2. The summed E-state index contributed by atoms with van der Waals surface area (Å²) in [6.45, 7) is 4.96. The van der Waals surface area contributed by atoms with Crippen LogP contribution in [0.5, 0.6) is 0 Å². The van der Waals surface area contributed by atoms with Crippen molar-refractivity contribution in [1.29, 1.82) is 0 Å². The molecule has 0 aromatic heterocycles. The van der Waals surface area contributed by atoms with Crippen LogP contribution in [0.2, 0.25) is 5.02 Å². The maximum absolute atomic E-state index is 12.5. The van der Waals surface area contributed by atoms with E-state index in [1.165, 1.54) is 0 Å². The number of carboxylic acids is 1. The first-order valence-electron chi connectivity index (χ1n) is 7.68. The van der Waals surface area contributed by atoms with Gasteiger partial charge in [-0.1, -0.05) is 17.7 Å². The van der Waals surface area contributed by atoms with Crippen molar-refractivity contribution in [3.8, 4) is 0 Å². The van der Waals surface area contributed by atoms with E-state index in [0.29, 0.717) is 15.1 Å². The molecule has 0 aliphatic rings. The third-order valence-corrected chi connectivity index (χ3v) is 4.92. The minimum Gasteiger partial charge on any atom is -0.481 e. The first kappa shape index (κ1) is 21.4. The zero-order valence-corrected chi connectivity index (χ0v) is 16.6. The molecular formula is C17H20BrClO6. The standard InChI is InChI=1S/C17H20BrClO6/c1-4-24-15(22)17(9-13(20)21,16(23)25-5-2)8-11-6-10(3)14(19)12(18)7-11/h6-7H,4-5,8-9H2,1-3H3,(H,20,21). The number of carboxylic acid groups (broad SMARTS) is 1. The summed E-state index contributed by atoms with van der Waals surface area (Å²) in [4.78, 5) is 36.4. The average molecular weight is 436 g/mol. The fraction of sp³-hybridized carbons (Fsp3) is 0.471. The fourth-order valence-corrected chi connectivity index (χ4v) is 3.20. The summed E-state index contributed by atoms with van der Waals surface area (Å²) in [6, 6.07) is 3.34. The number of halogens is 2. The van der Waals surface area contributed by atoms with Crippen LogP contribution in [0.1, 0.15) is 31.4 Å². The Balaban J connectivity index is 3.44. The van der Waals surface area contributed by atoms with Gasteiger partial charge in [0.1, 0.15) is 0 Å². The Bertz CT molecular complexity index is 632. The van der Waals surface area contributed by atoms with Gasteiger partial charge in [0.05, 0.1) is 24.7 Å². The number of hydrogen-bond donors (Lipinski definition) is 1. The molecule has 1 rings (SSSR count). The number of benzene rings is 1. The lowest BCUT2D eigenvalue weighted by Crippen LogP contribution is -2.45. The third-order valence-electron chi connectivity index (χ3n) is 3.56. The van der Waals surface area contributed by atoms with E-state index >= 15 is 0 Å². The molecule has 1 aromatic carbocycles. The van der Waals surface area contributed by atoms with Crippen LogP contribution >= 0.6 is 27.5 Å². The van der Waals surface area contributed by atoms with Gasteiger partial charge in [0.2, 0.25) is 0 Å². The minimum atomic E-state index is -1.96. The molecule has 0 atom stereocenters. The van der Waals surface area contributed by atoms with Crippen LogP contribution in [0.4, 0.5) is 0 Å². The molecule has 0 saturated carbocycles. The highest BCUT2D eigenvalue weighted by molar-refractivity contribution is 9.10. The molecule has 0 saturated heterocycles. The second-order valence-corrected chi connectivity index (χ2v) is 6.71. The summed E-state index contributed by atoms with van der Waals surface area (Å²) >= 11 is 9.42. The quantitative estimate of drug-likeness (QED) is 0.496. The van der Waals surface area contributed by atoms with Gasteiger partial charge < -0.3 is 14.6 Å². The van der Waals surface area contributed by atoms with Crippen molar-refractivity contribution >= 4 is 45.4 Å². The zero-order chi connectivity index (χ0) is 19.2. The highest BCUT2D eigenvalue weighted by Gasteiger charge is 2.50. The first-order valence-corrected chi connectivity index (χ1v) is 8.85. The molecule has 6 nitrogen and oxygen atoms in total. The van der Waals surface area contributed by atoms with E-state index in [0.717, 1.165) is 5.56 Å². The van der Waals surface area contributed by atoms with E-state index in [4.69, 9.17) is 21.1 Å². The van der Waals surface area contributed by atoms with Gasteiger partial charge in [-0.3, -0.25) is 14.4 Å². The number of rotatable bonds is 8. The van der Waals surface area contributed by atoms with Crippen LogP contribution in [0.15, 0.2) is 16.6 Å². The predicted octanol–water partition coefficient (Wildman–Crippen LogP) is 3.54. The van der Waals surface area contributed by atoms with Gasteiger partial charge in [0.15, 0.2) is 5.41 Å². The smallest absolute Gasteiger partial charge is 0.324 e. The molecule has 0 bridgehead atoms. The average Bonchev–Trinajstić information content (AvgIpc) is 2.51. The number of aliphatic carboxylic acids is 1. The molecule has 0 aliphatic carbocycles. The second kappa shape index (κ2) is 9.20. The van der Waals surface area contributed by atoms with Gasteiger partial charge in [0.25, 0.3) is 0 Å². The molecule has 1 aromatic rings. The Kier molecular flexibility index (Phi) is 7.89. The zero-order valence-electron chi connectivity index (χ0n) is 14.2. The molecule has 0 aliphatic heterocycles. The minimum absolute atomic E-state index is 0.0168. The maximum atomic E-state index is 12.5. The lowest BCUT2D eigenvalue weighted by molar-refractivity contribution is -0.176. The molecule has 0 radical (unpaired) electrons. The number of esters is 2. The van der Waals surface area contributed by atoms with Gasteiger partial charge in [-0.2, -0.15) is 0 Å². The molecule has 1 N–H and O–H groups in total. The van der Waals surface area contributed by atoms with E-state index in [2.05, 4.69) is 15.9 Å². The number of carbonyl (C=O) groups is 3. The molecule has 138 valence electrons. The Labute approximate surface area is 159 Å². The number of hydrogen-bond acceptors (Lipinski definition) is 5. The summed E-state index contributed by atoms with van der Waals surface area (Å²) < 4.78 is 10.6. The molecule has 25 heavy (non-hydrogen) atoms. The van der Waals surface area contributed by atoms with Gasteiger partial charge in [-0.15, -0.1) is 0 Å². The Morgan fingerprint density at radius 2 is 1.68 bits per heavy atom. The monoisotopic (exact) mass is 434 g/mol. The summed E-state index contributed by atoms with van der Waals surface area (Å²) in [6.07, 6.45) is -0.905. The maximum Gasteiger partial charge on any atom is 0.324 e. The van der Waals surface area contributed by atoms with Crippen LogP contribution in [0.25, 0.3) is 0 Å². The van der Waals surface area contributed by atoms with Crippen LogP contribution < -0.4 is 0 Å². The lowest BCUT2D eigenvalue weighted by atomic mass is 9.78. The Morgan fingerprint density at radius 3 is 2.08 bits per heavy atom. The summed E-state index contributed by atoms with van der Waals surface area (Å²) in [5, 5.41) is 9.77. The van der Waals surface area contributed by atoms with Crippen LogP contribution in [-0.4, -0.2) is 36.2 Å². The SMILES string of the molecule is CCOC(=O)C(CC(=O)O)(Cc1cc(C)c(Cl)c(Br)c1)C(=O)OCC. The van der Waals surface area contributed by atoms with Crippen molar-refractivity contribution in [2.75, 3.05) is 13.2 Å². The first-order chi connectivity index (χ1) is 11.7. The fourth-order valence-electron chi connectivity index (χ4n) is 2.48. The summed E-state index contributed by atoms with van der Waals surface area (Å²) in [5.41, 5.74) is -0.670. The lowest BCUT2D eigenvalue weighted by Gasteiger charge is -2.28. The van der Waals surface area contributed by atoms with Gasteiger partial charge in [-0.05, 0) is 60.3 Å². The van der Waals surface area contributed by atoms with E-state index < -0.39 is 29.7 Å². The predicted molar refractivity (Wildman–Crippen MR) is 95.5 cm³/mol. The second-order valence-electron chi connectivity index (χ2n) is 5.48. The Morgan fingerprint density at radius 1 is 1.16 bits per heavy atom. The molecule has 0 fully saturated rings. The molecule has 0 unspecified atom stereocenters. The largest absolute Gasteiger partial charge is 0.481 e. The van der Waals surface area contributed by atoms with Gasteiger partial charge in [-0.25, -0.2) is 0 Å². The molecule has 0 amide bonds. The third kappa shape index (κ3) is 5.19. The molecule has 0 heterocycles. The normalized spacial score (nSPS) is 11.1. The van der Waals surface area contributed by atoms with Crippen molar-refractivity contribution in [1.82, 2.24) is 0 Å². The van der Waals surface area contributed by atoms with Crippen molar-refractivity contribution in [2.45, 2.75) is 33.6 Å². The highest BCUT2D eigenvalue weighted by atomic mass is 79.9. The van der Waals surface area contributed by atoms with E-state index in [-0.39, 0.29) is 19.6 Å². The van der Waals surface area contributed by atoms with E-state index in [1.54, 1.807) is 32.9 Å². The molecule has 8 heteroatoms. The van der Waals surface area contributed by atoms with Crippen molar-refractivity contribution in [3.63, 3.8) is 0 Å². The highest BCUT2D eigenvalue weighted by Crippen LogP contribution is 2.35. The van der Waals surface area contributed by atoms with Crippen molar-refractivity contribution in [2.24, 2.45) is 5.41 Å². The molecular weight excluding hydrogens is 416 g/mol. The van der Waals surface area contributed by atoms with Gasteiger partial charge in [0, 0.05) is 4.47 Å². The van der Waals surface area contributed by atoms with Crippen LogP contribution in [0.3, 0.4) is 0 Å². The number of aryl methyl sites for hydroxylation is 1. The van der Waals surface area contributed by atoms with Crippen LogP contribution in [-0.2, 0) is 30.3 Å². The van der Waals surface area contributed by atoms with Crippen LogP contribution in [0, 0.1) is 12.3 Å². The Hall–Kier alpha value is -1.60. The van der Waals surface area contributed by atoms with E-state index in [9.17, 15) is 19.5 Å². The molecule has 0 spiro atoms. The topological polar surface area (TPSA) is 89.9 Å². The van der Waals surface area contributed by atoms with Gasteiger partial charge >= 0.3 is 17.9 Å². The number of carbonyl (C=O) groups excluding carboxylic acids is 2. The van der Waals surface area contributed by atoms with Crippen molar-refractivity contribution < 1.29 is 29.0 Å². The van der Waals surface area contributed by atoms with Crippen molar-refractivity contribution in [3.05, 3.63) is 32.8 Å². The van der Waals surface area contributed by atoms with E-state index in [1.807, 2.05) is 0 Å². The summed E-state index contributed by atoms with van der Waals surface area (Å²) in [7, 11) is 0.